The van der Waals surface area contributed by atoms with E-state index in [-0.39, 0.29) is 11.9 Å². The van der Waals surface area contributed by atoms with E-state index in [2.05, 4.69) is 10.2 Å². The van der Waals surface area contributed by atoms with Gasteiger partial charge in [0, 0.05) is 6.54 Å². The molecule has 1 aliphatic rings. The molecule has 1 unspecified atom stereocenters. The van der Waals surface area contributed by atoms with Gasteiger partial charge in [0.25, 0.3) is 0 Å². The van der Waals surface area contributed by atoms with Crippen molar-refractivity contribution >= 4 is 5.97 Å². The summed E-state index contributed by atoms with van der Waals surface area (Å²) in [5.41, 5.74) is 2.84. The van der Waals surface area contributed by atoms with Crippen LogP contribution in [0.15, 0.2) is 0 Å². The molecule has 0 aromatic carbocycles. The molecule has 0 radical (unpaired) electrons. The molecule has 4 nitrogen and oxygen atoms in total. The lowest BCUT2D eigenvalue weighted by Gasteiger charge is -2.14. The Labute approximate surface area is 84.9 Å². The van der Waals surface area contributed by atoms with Gasteiger partial charge in [-0.25, -0.2) is 5.48 Å². The number of ether oxygens (including phenoxy) is 1. The average Bonchev–Trinajstić information content (AvgIpc) is 2.69. The molecule has 1 N–H and O–H groups in total. The first-order valence-electron chi connectivity index (χ1n) is 5.20. The molecule has 1 fully saturated rings. The Morgan fingerprint density at radius 1 is 1.50 bits per heavy atom. The van der Waals surface area contributed by atoms with Crippen molar-refractivity contribution in [2.24, 2.45) is 5.92 Å². The molecule has 82 valence electrons. The lowest BCUT2D eigenvalue weighted by molar-refractivity contribution is -0.146. The number of rotatable bonds is 5. The van der Waals surface area contributed by atoms with Crippen molar-refractivity contribution in [2.45, 2.75) is 38.7 Å². The monoisotopic (exact) mass is 201 g/mol. The average molecular weight is 201 g/mol. The summed E-state index contributed by atoms with van der Waals surface area (Å²) in [6.07, 6.45) is 5.08. The minimum atomic E-state index is -0.201. The second kappa shape index (κ2) is 5.98. The first-order valence-corrected chi connectivity index (χ1v) is 5.20. The molecular weight excluding hydrogens is 182 g/mol. The van der Waals surface area contributed by atoms with Gasteiger partial charge in [0.2, 0.25) is 0 Å². The van der Waals surface area contributed by atoms with Gasteiger partial charge in [0.15, 0.2) is 0 Å². The zero-order valence-electron chi connectivity index (χ0n) is 8.91. The van der Waals surface area contributed by atoms with Crippen LogP contribution in [-0.2, 0) is 14.4 Å². The summed E-state index contributed by atoms with van der Waals surface area (Å²) < 4.78 is 4.60. The lowest BCUT2D eigenvalue weighted by atomic mass is 10.2. The molecule has 0 aliphatic heterocycles. The van der Waals surface area contributed by atoms with Crippen LogP contribution in [0, 0.1) is 5.92 Å². The van der Waals surface area contributed by atoms with E-state index in [0.29, 0.717) is 12.6 Å². The number of esters is 1. The number of hydrogen-bond acceptors (Lipinski definition) is 4. The summed E-state index contributed by atoms with van der Waals surface area (Å²) in [5.74, 6) is -0.353. The highest BCUT2D eigenvalue weighted by Crippen LogP contribution is 2.19. The van der Waals surface area contributed by atoms with Crippen molar-refractivity contribution in [3.05, 3.63) is 0 Å². The third-order valence-electron chi connectivity index (χ3n) is 2.55. The summed E-state index contributed by atoms with van der Waals surface area (Å²) in [5, 5.41) is 0. The fourth-order valence-corrected chi connectivity index (χ4v) is 1.58. The molecule has 0 amide bonds. The maximum absolute atomic E-state index is 11.0. The van der Waals surface area contributed by atoms with E-state index in [1.807, 2.05) is 6.92 Å². The third kappa shape index (κ3) is 3.64. The smallest absolute Gasteiger partial charge is 0.309 e. The Balaban J connectivity index is 2.05. The summed E-state index contributed by atoms with van der Waals surface area (Å²) in [7, 11) is 1.40. The van der Waals surface area contributed by atoms with Crippen LogP contribution < -0.4 is 5.48 Å². The van der Waals surface area contributed by atoms with E-state index in [1.54, 1.807) is 0 Å². The van der Waals surface area contributed by atoms with E-state index in [1.165, 1.54) is 20.0 Å². The van der Waals surface area contributed by atoms with Crippen LogP contribution in [0.4, 0.5) is 0 Å². The maximum atomic E-state index is 11.0. The van der Waals surface area contributed by atoms with E-state index >= 15 is 0 Å². The fraction of sp³-hybridized carbons (Fsp3) is 0.900. The predicted octanol–water partition coefficient (Wildman–Crippen LogP) is 1.26. The normalized spacial score (nSPS) is 19.6. The first-order chi connectivity index (χ1) is 6.74. The van der Waals surface area contributed by atoms with Crippen LogP contribution in [0.1, 0.15) is 32.6 Å². The Hall–Kier alpha value is -0.610. The van der Waals surface area contributed by atoms with Gasteiger partial charge in [0.05, 0.1) is 19.1 Å². The topological polar surface area (TPSA) is 47.6 Å². The SMILES string of the molecule is COC(=O)C(C)CNOC1CCCC1. The largest absolute Gasteiger partial charge is 0.469 e. The predicted molar refractivity (Wildman–Crippen MR) is 52.5 cm³/mol. The van der Waals surface area contributed by atoms with Gasteiger partial charge in [0.1, 0.15) is 0 Å². The lowest BCUT2D eigenvalue weighted by Crippen LogP contribution is -2.30. The molecule has 0 spiro atoms. The first kappa shape index (κ1) is 11.5. The summed E-state index contributed by atoms with van der Waals surface area (Å²) in [6.45, 7) is 2.33. The molecule has 0 aromatic heterocycles. The molecule has 1 aliphatic carbocycles. The van der Waals surface area contributed by atoms with Gasteiger partial charge in [-0.3, -0.25) is 9.63 Å². The van der Waals surface area contributed by atoms with Gasteiger partial charge in [-0.1, -0.05) is 19.8 Å². The van der Waals surface area contributed by atoms with Gasteiger partial charge < -0.3 is 4.74 Å². The molecule has 0 bridgehead atoms. The highest BCUT2D eigenvalue weighted by Gasteiger charge is 2.17. The summed E-state index contributed by atoms with van der Waals surface area (Å²) >= 11 is 0. The molecule has 14 heavy (non-hydrogen) atoms. The number of hydrogen-bond donors (Lipinski definition) is 1. The zero-order valence-corrected chi connectivity index (χ0v) is 8.91. The Bertz CT molecular complexity index is 178. The van der Waals surface area contributed by atoms with Crippen LogP contribution >= 0.6 is 0 Å². The second-order valence-corrected chi connectivity index (χ2v) is 3.80. The molecule has 0 aromatic rings. The zero-order chi connectivity index (χ0) is 10.4. The molecule has 4 heteroatoms. The molecule has 0 saturated heterocycles. The van der Waals surface area contributed by atoms with Crippen molar-refractivity contribution in [3.8, 4) is 0 Å². The van der Waals surface area contributed by atoms with Crippen molar-refractivity contribution in [1.29, 1.82) is 0 Å². The van der Waals surface area contributed by atoms with Gasteiger partial charge in [-0.2, -0.15) is 0 Å². The van der Waals surface area contributed by atoms with E-state index in [0.717, 1.165) is 12.8 Å². The maximum Gasteiger partial charge on any atom is 0.309 e. The molecule has 0 heterocycles. The highest BCUT2D eigenvalue weighted by atomic mass is 16.7. The Morgan fingerprint density at radius 3 is 2.71 bits per heavy atom. The number of hydroxylamine groups is 1. The molecule has 1 atom stereocenters. The van der Waals surface area contributed by atoms with Gasteiger partial charge in [-0.05, 0) is 12.8 Å². The second-order valence-electron chi connectivity index (χ2n) is 3.80. The number of carbonyl (C=O) groups excluding carboxylic acids is 1. The Kier molecular flexibility index (Phi) is 4.90. The molecule has 1 rings (SSSR count). The number of methoxy groups -OCH3 is 1. The number of carbonyl (C=O) groups is 1. The summed E-state index contributed by atoms with van der Waals surface area (Å²) in [4.78, 5) is 16.4. The van der Waals surface area contributed by atoms with E-state index in [4.69, 9.17) is 4.84 Å². The van der Waals surface area contributed by atoms with Crippen LogP contribution in [0.5, 0.6) is 0 Å². The van der Waals surface area contributed by atoms with Crippen LogP contribution in [0.3, 0.4) is 0 Å². The standard InChI is InChI=1S/C10H19NO3/c1-8(10(12)13-2)7-11-14-9-5-3-4-6-9/h8-9,11H,3-7H2,1-2H3. The quantitative estimate of drug-likeness (QED) is 0.537. The highest BCUT2D eigenvalue weighted by molar-refractivity contribution is 5.71. The van der Waals surface area contributed by atoms with Crippen LogP contribution in [0.2, 0.25) is 0 Å². The van der Waals surface area contributed by atoms with Crippen LogP contribution in [0.25, 0.3) is 0 Å². The Morgan fingerprint density at radius 2 is 2.14 bits per heavy atom. The third-order valence-corrected chi connectivity index (χ3v) is 2.55. The number of nitrogens with one attached hydrogen (secondary N) is 1. The summed E-state index contributed by atoms with van der Waals surface area (Å²) in [6, 6.07) is 0. The van der Waals surface area contributed by atoms with E-state index < -0.39 is 0 Å². The van der Waals surface area contributed by atoms with Crippen molar-refractivity contribution in [2.75, 3.05) is 13.7 Å². The minimum absolute atomic E-state index is 0.151. The van der Waals surface area contributed by atoms with Gasteiger partial charge in [-0.15, -0.1) is 0 Å². The van der Waals surface area contributed by atoms with Gasteiger partial charge >= 0.3 is 5.97 Å². The molecule has 1 saturated carbocycles. The van der Waals surface area contributed by atoms with Crippen molar-refractivity contribution in [1.82, 2.24) is 5.48 Å². The van der Waals surface area contributed by atoms with Crippen molar-refractivity contribution < 1.29 is 14.4 Å². The fourth-order valence-electron chi connectivity index (χ4n) is 1.58. The van der Waals surface area contributed by atoms with E-state index in [9.17, 15) is 4.79 Å². The van der Waals surface area contributed by atoms with Crippen molar-refractivity contribution in [3.63, 3.8) is 0 Å². The molecular formula is C10H19NO3. The van der Waals surface area contributed by atoms with Crippen LogP contribution in [-0.4, -0.2) is 25.7 Å². The minimum Gasteiger partial charge on any atom is -0.469 e.